The Morgan fingerprint density at radius 2 is 2.20 bits per heavy atom. The van der Waals surface area contributed by atoms with Crippen LogP contribution >= 0.6 is 0 Å². The molecule has 4 nitrogen and oxygen atoms in total. The first kappa shape index (κ1) is 14.5. The van der Waals surface area contributed by atoms with Gasteiger partial charge in [0.2, 0.25) is 0 Å². The number of ether oxygens (including phenoxy) is 1. The highest BCUT2D eigenvalue weighted by Gasteiger charge is 2.08. The minimum atomic E-state index is -0.474. The lowest BCUT2D eigenvalue weighted by atomic mass is 10.2. The summed E-state index contributed by atoms with van der Waals surface area (Å²) in [5.74, 6) is -0.307. The first-order valence-corrected chi connectivity index (χ1v) is 6.70. The minimum Gasteiger partial charge on any atom is -0.484 e. The Labute approximate surface area is 117 Å². The van der Waals surface area contributed by atoms with E-state index in [4.69, 9.17) is 9.84 Å². The van der Waals surface area contributed by atoms with Gasteiger partial charge in [-0.1, -0.05) is 13.0 Å². The molecule has 1 heterocycles. The molecule has 1 N–H and O–H groups in total. The molecule has 1 aromatic carbocycles. The molecule has 0 radical (unpaired) electrons. The average molecular weight is 278 g/mol. The molecule has 0 aliphatic carbocycles. The monoisotopic (exact) mass is 278 g/mol. The van der Waals surface area contributed by atoms with Gasteiger partial charge < -0.3 is 9.84 Å². The topological polar surface area (TPSA) is 47.3 Å². The lowest BCUT2D eigenvalue weighted by Gasteiger charge is -2.09. The van der Waals surface area contributed by atoms with E-state index < -0.39 is 5.82 Å². The molecule has 0 amide bonds. The molecule has 1 aromatic heterocycles. The van der Waals surface area contributed by atoms with Crippen molar-refractivity contribution >= 4 is 0 Å². The van der Waals surface area contributed by atoms with E-state index in [0.717, 1.165) is 12.1 Å². The number of aliphatic hydroxyl groups excluding tert-OH is 1. The molecule has 0 saturated heterocycles. The molecule has 0 spiro atoms. The van der Waals surface area contributed by atoms with E-state index in [2.05, 4.69) is 18.9 Å². The van der Waals surface area contributed by atoms with Gasteiger partial charge >= 0.3 is 0 Å². The van der Waals surface area contributed by atoms with Crippen molar-refractivity contribution in [1.82, 2.24) is 9.78 Å². The Morgan fingerprint density at radius 3 is 2.85 bits per heavy atom. The Kier molecular flexibility index (Phi) is 4.74. The Balaban J connectivity index is 2.00. The van der Waals surface area contributed by atoms with Gasteiger partial charge in [-0.15, -0.1) is 0 Å². The summed E-state index contributed by atoms with van der Waals surface area (Å²) in [6.45, 7) is 4.22. The Bertz CT molecular complexity index is 569. The molecule has 2 rings (SSSR count). The molecular formula is C15H19FN2O2. The second kappa shape index (κ2) is 6.52. The maximum atomic E-state index is 13.7. The van der Waals surface area contributed by atoms with Gasteiger partial charge in [0.1, 0.15) is 6.61 Å². The van der Waals surface area contributed by atoms with Crippen LogP contribution in [0, 0.1) is 5.82 Å². The van der Waals surface area contributed by atoms with Crippen LogP contribution in [0.3, 0.4) is 0 Å². The summed E-state index contributed by atoms with van der Waals surface area (Å²) in [5.41, 5.74) is 1.28. The smallest absolute Gasteiger partial charge is 0.165 e. The molecule has 1 atom stereocenters. The summed E-state index contributed by atoms with van der Waals surface area (Å²) >= 11 is 0. The SMILES string of the molecule is CCC(C)n1ccc(COc2ccc(CO)cc2F)n1. The summed E-state index contributed by atoms with van der Waals surface area (Å²) in [7, 11) is 0. The van der Waals surface area contributed by atoms with Gasteiger partial charge in [-0.25, -0.2) is 4.39 Å². The number of nitrogens with zero attached hydrogens (tertiary/aromatic N) is 2. The third-order valence-corrected chi connectivity index (χ3v) is 3.26. The second-order valence-corrected chi connectivity index (χ2v) is 4.76. The number of hydrogen-bond donors (Lipinski definition) is 1. The zero-order chi connectivity index (χ0) is 14.5. The molecule has 5 heteroatoms. The van der Waals surface area contributed by atoms with Crippen LogP contribution in [0.2, 0.25) is 0 Å². The second-order valence-electron chi connectivity index (χ2n) is 4.76. The number of hydrogen-bond acceptors (Lipinski definition) is 3. The van der Waals surface area contributed by atoms with Gasteiger partial charge in [-0.2, -0.15) is 5.10 Å². The molecular weight excluding hydrogens is 259 g/mol. The fourth-order valence-corrected chi connectivity index (χ4v) is 1.80. The van der Waals surface area contributed by atoms with Gasteiger partial charge in [0.15, 0.2) is 11.6 Å². The van der Waals surface area contributed by atoms with E-state index in [0.29, 0.717) is 11.6 Å². The van der Waals surface area contributed by atoms with Crippen LogP contribution in [-0.4, -0.2) is 14.9 Å². The third kappa shape index (κ3) is 3.36. The highest BCUT2D eigenvalue weighted by molar-refractivity contribution is 5.29. The van der Waals surface area contributed by atoms with Crippen molar-refractivity contribution in [2.24, 2.45) is 0 Å². The van der Waals surface area contributed by atoms with Gasteiger partial charge in [0, 0.05) is 12.2 Å². The van der Waals surface area contributed by atoms with Crippen molar-refractivity contribution in [1.29, 1.82) is 0 Å². The molecule has 1 unspecified atom stereocenters. The summed E-state index contributed by atoms with van der Waals surface area (Å²) in [6.07, 6.45) is 2.90. The van der Waals surface area contributed by atoms with Crippen molar-refractivity contribution in [2.45, 2.75) is 39.5 Å². The van der Waals surface area contributed by atoms with Crippen molar-refractivity contribution in [3.05, 3.63) is 47.5 Å². The first-order valence-electron chi connectivity index (χ1n) is 6.70. The van der Waals surface area contributed by atoms with E-state index in [1.165, 1.54) is 12.1 Å². The number of aliphatic hydroxyl groups is 1. The van der Waals surface area contributed by atoms with E-state index >= 15 is 0 Å². The van der Waals surface area contributed by atoms with Crippen molar-refractivity contribution in [3.63, 3.8) is 0 Å². The standard InChI is InChI=1S/C15H19FN2O2/c1-3-11(2)18-7-6-13(17-18)10-20-15-5-4-12(9-19)8-14(15)16/h4-8,11,19H,3,9-10H2,1-2H3. The van der Waals surface area contributed by atoms with Crippen LogP contribution in [0.15, 0.2) is 30.5 Å². The lowest BCUT2D eigenvalue weighted by Crippen LogP contribution is -2.06. The summed E-state index contributed by atoms with van der Waals surface area (Å²) < 4.78 is 21.0. The van der Waals surface area contributed by atoms with E-state index in [9.17, 15) is 4.39 Å². The van der Waals surface area contributed by atoms with Crippen LogP contribution < -0.4 is 4.74 Å². The van der Waals surface area contributed by atoms with Gasteiger partial charge in [0.25, 0.3) is 0 Å². The Hall–Kier alpha value is -1.88. The number of halogens is 1. The molecule has 0 saturated carbocycles. The van der Waals surface area contributed by atoms with Crippen LogP contribution in [0.5, 0.6) is 5.75 Å². The maximum absolute atomic E-state index is 13.7. The molecule has 0 bridgehead atoms. The van der Waals surface area contributed by atoms with Crippen LogP contribution in [0.25, 0.3) is 0 Å². The highest BCUT2D eigenvalue weighted by atomic mass is 19.1. The van der Waals surface area contributed by atoms with E-state index in [-0.39, 0.29) is 19.0 Å². The zero-order valence-electron chi connectivity index (χ0n) is 11.7. The van der Waals surface area contributed by atoms with E-state index in [1.54, 1.807) is 6.07 Å². The van der Waals surface area contributed by atoms with Crippen molar-refractivity contribution in [2.75, 3.05) is 0 Å². The largest absolute Gasteiger partial charge is 0.484 e. The number of aromatic nitrogens is 2. The molecule has 0 aliphatic rings. The lowest BCUT2D eigenvalue weighted by molar-refractivity contribution is 0.274. The first-order chi connectivity index (χ1) is 9.63. The Morgan fingerprint density at radius 1 is 1.40 bits per heavy atom. The summed E-state index contributed by atoms with van der Waals surface area (Å²) in [6, 6.07) is 6.63. The minimum absolute atomic E-state index is 0.167. The number of rotatable bonds is 6. The zero-order valence-corrected chi connectivity index (χ0v) is 11.7. The van der Waals surface area contributed by atoms with E-state index in [1.807, 2.05) is 16.9 Å². The van der Waals surface area contributed by atoms with Crippen LogP contribution in [0.4, 0.5) is 4.39 Å². The van der Waals surface area contributed by atoms with Gasteiger partial charge in [-0.3, -0.25) is 4.68 Å². The molecule has 0 fully saturated rings. The normalized spacial score (nSPS) is 12.4. The fraction of sp³-hybridized carbons (Fsp3) is 0.400. The van der Waals surface area contributed by atoms with Gasteiger partial charge in [-0.05, 0) is 37.1 Å². The highest BCUT2D eigenvalue weighted by Crippen LogP contribution is 2.19. The summed E-state index contributed by atoms with van der Waals surface area (Å²) in [4.78, 5) is 0. The molecule has 20 heavy (non-hydrogen) atoms. The number of benzene rings is 1. The predicted octanol–water partition coefficient (Wildman–Crippen LogP) is 3.06. The maximum Gasteiger partial charge on any atom is 0.165 e. The average Bonchev–Trinajstić information content (AvgIpc) is 2.94. The van der Waals surface area contributed by atoms with Crippen LogP contribution in [0.1, 0.15) is 37.6 Å². The fourth-order valence-electron chi connectivity index (χ4n) is 1.80. The third-order valence-electron chi connectivity index (χ3n) is 3.26. The quantitative estimate of drug-likeness (QED) is 0.883. The molecule has 2 aromatic rings. The molecule has 0 aliphatic heterocycles. The molecule has 108 valence electrons. The van der Waals surface area contributed by atoms with Crippen molar-refractivity contribution < 1.29 is 14.2 Å². The van der Waals surface area contributed by atoms with Crippen LogP contribution in [-0.2, 0) is 13.2 Å². The van der Waals surface area contributed by atoms with Crippen molar-refractivity contribution in [3.8, 4) is 5.75 Å². The summed E-state index contributed by atoms with van der Waals surface area (Å²) in [5, 5.41) is 13.3. The predicted molar refractivity (Wildman–Crippen MR) is 73.9 cm³/mol. The van der Waals surface area contributed by atoms with Gasteiger partial charge in [0.05, 0.1) is 12.3 Å².